The number of fused-ring (bicyclic) bond motifs is 1. The number of anilines is 1. The number of ketones is 1. The molecule has 2 aromatic carbocycles. The van der Waals surface area contributed by atoms with Crippen LogP contribution in [0, 0.1) is 0 Å². The van der Waals surface area contributed by atoms with Gasteiger partial charge in [-0.2, -0.15) is 0 Å². The van der Waals surface area contributed by atoms with Gasteiger partial charge in [-0.15, -0.1) is 0 Å². The minimum Gasteiger partial charge on any atom is -0.453 e. The molecule has 1 fully saturated rings. The van der Waals surface area contributed by atoms with Gasteiger partial charge < -0.3 is 9.32 Å². The van der Waals surface area contributed by atoms with Crippen molar-refractivity contribution in [3.05, 3.63) is 66.4 Å². The van der Waals surface area contributed by atoms with Crippen LogP contribution in [0.3, 0.4) is 0 Å². The second kappa shape index (κ2) is 6.49. The summed E-state index contributed by atoms with van der Waals surface area (Å²) >= 11 is 0. The maximum atomic E-state index is 12.5. The Bertz CT molecular complexity index is 800. The predicted molar refractivity (Wildman–Crippen MR) is 95.6 cm³/mol. The molecule has 1 aromatic heterocycles. The van der Waals surface area contributed by atoms with Gasteiger partial charge in [-0.05, 0) is 24.3 Å². The average Bonchev–Trinajstić information content (AvgIpc) is 3.07. The third-order valence-electron chi connectivity index (χ3n) is 4.56. The van der Waals surface area contributed by atoms with Crippen LogP contribution in [0.4, 0.5) is 5.69 Å². The Kier molecular flexibility index (Phi) is 4.05. The third-order valence-corrected chi connectivity index (χ3v) is 4.56. The Morgan fingerprint density at radius 2 is 1.62 bits per heavy atom. The van der Waals surface area contributed by atoms with Gasteiger partial charge in [0, 0.05) is 37.3 Å². The van der Waals surface area contributed by atoms with Crippen molar-refractivity contribution in [3.63, 3.8) is 0 Å². The molecule has 0 aliphatic carbocycles. The van der Waals surface area contributed by atoms with Crippen molar-refractivity contribution in [3.8, 4) is 0 Å². The number of nitrogens with zero attached hydrogens (tertiary/aromatic N) is 2. The number of rotatable bonds is 4. The summed E-state index contributed by atoms with van der Waals surface area (Å²) in [5.74, 6) is 0.515. The van der Waals surface area contributed by atoms with Crippen LogP contribution in [0.2, 0.25) is 0 Å². The molecule has 122 valence electrons. The first-order chi connectivity index (χ1) is 11.8. The second-order valence-electron chi connectivity index (χ2n) is 6.17. The van der Waals surface area contributed by atoms with Gasteiger partial charge in [-0.25, -0.2) is 0 Å². The Morgan fingerprint density at radius 3 is 2.38 bits per heavy atom. The molecule has 1 aliphatic heterocycles. The van der Waals surface area contributed by atoms with Crippen LogP contribution in [0.25, 0.3) is 11.0 Å². The number of para-hydroxylation sites is 2. The molecular weight excluding hydrogens is 300 g/mol. The normalized spacial score (nSPS) is 15.8. The zero-order valence-corrected chi connectivity index (χ0v) is 13.5. The number of carbonyl (C=O) groups is 1. The summed E-state index contributed by atoms with van der Waals surface area (Å²) < 4.78 is 5.68. The fourth-order valence-corrected chi connectivity index (χ4v) is 3.20. The van der Waals surface area contributed by atoms with Gasteiger partial charge >= 0.3 is 0 Å². The molecule has 2 heterocycles. The SMILES string of the molecule is O=C(CN1CCN(c2ccccc2)CC1)c1cc2ccccc2o1. The van der Waals surface area contributed by atoms with Crippen molar-refractivity contribution in [2.45, 2.75) is 0 Å². The lowest BCUT2D eigenvalue weighted by Gasteiger charge is -2.35. The van der Waals surface area contributed by atoms with Crippen LogP contribution in [0.1, 0.15) is 10.6 Å². The quantitative estimate of drug-likeness (QED) is 0.690. The van der Waals surface area contributed by atoms with E-state index in [-0.39, 0.29) is 5.78 Å². The van der Waals surface area contributed by atoms with Crippen molar-refractivity contribution in [1.29, 1.82) is 0 Å². The zero-order valence-electron chi connectivity index (χ0n) is 13.5. The molecular formula is C20H20N2O2. The number of furan rings is 1. The molecule has 4 rings (SSSR count). The molecule has 4 nitrogen and oxygen atoms in total. The standard InChI is InChI=1S/C20H20N2O2/c23-18(20-14-16-6-4-5-9-19(16)24-20)15-21-10-12-22(13-11-21)17-7-2-1-3-8-17/h1-9,14H,10-13,15H2. The summed E-state index contributed by atoms with van der Waals surface area (Å²) in [6.07, 6.45) is 0. The zero-order chi connectivity index (χ0) is 16.4. The van der Waals surface area contributed by atoms with Crippen LogP contribution in [0.5, 0.6) is 0 Å². The smallest absolute Gasteiger partial charge is 0.211 e. The molecule has 0 N–H and O–H groups in total. The van der Waals surface area contributed by atoms with Crippen molar-refractivity contribution < 1.29 is 9.21 Å². The van der Waals surface area contributed by atoms with Crippen molar-refractivity contribution in [2.75, 3.05) is 37.6 Å². The van der Waals surface area contributed by atoms with Gasteiger partial charge in [0.15, 0.2) is 5.76 Å². The number of hydrogen-bond donors (Lipinski definition) is 0. The van der Waals surface area contributed by atoms with E-state index in [4.69, 9.17) is 4.42 Å². The second-order valence-corrected chi connectivity index (χ2v) is 6.17. The molecule has 1 aliphatic rings. The largest absolute Gasteiger partial charge is 0.453 e. The van der Waals surface area contributed by atoms with Crippen LogP contribution in [-0.2, 0) is 0 Å². The van der Waals surface area contributed by atoms with E-state index in [2.05, 4.69) is 34.1 Å². The van der Waals surface area contributed by atoms with E-state index in [1.165, 1.54) is 5.69 Å². The van der Waals surface area contributed by atoms with Gasteiger partial charge in [0.1, 0.15) is 5.58 Å². The van der Waals surface area contributed by atoms with Gasteiger partial charge in [-0.1, -0.05) is 36.4 Å². The van der Waals surface area contributed by atoms with Gasteiger partial charge in [0.05, 0.1) is 6.54 Å². The number of hydrogen-bond acceptors (Lipinski definition) is 4. The minimum atomic E-state index is 0.0550. The molecule has 24 heavy (non-hydrogen) atoms. The molecule has 3 aromatic rings. The van der Waals surface area contributed by atoms with E-state index in [1.54, 1.807) is 0 Å². The maximum Gasteiger partial charge on any atom is 0.211 e. The average molecular weight is 320 g/mol. The summed E-state index contributed by atoms with van der Waals surface area (Å²) in [7, 11) is 0. The van der Waals surface area contributed by atoms with Crippen LogP contribution in [-0.4, -0.2) is 43.4 Å². The molecule has 1 saturated heterocycles. The van der Waals surface area contributed by atoms with E-state index in [0.717, 1.165) is 37.1 Å². The summed E-state index contributed by atoms with van der Waals surface area (Å²) in [5.41, 5.74) is 2.02. The van der Waals surface area contributed by atoms with E-state index < -0.39 is 0 Å². The van der Waals surface area contributed by atoms with E-state index in [9.17, 15) is 4.79 Å². The van der Waals surface area contributed by atoms with Gasteiger partial charge in [0.25, 0.3) is 0 Å². The fraction of sp³-hybridized carbons (Fsp3) is 0.250. The number of carbonyl (C=O) groups excluding carboxylic acids is 1. The summed E-state index contributed by atoms with van der Waals surface area (Å²) in [6.45, 7) is 4.08. The first kappa shape index (κ1) is 15.0. The number of piperazine rings is 1. The molecule has 0 unspecified atom stereocenters. The Morgan fingerprint density at radius 1 is 0.917 bits per heavy atom. The fourth-order valence-electron chi connectivity index (χ4n) is 3.20. The van der Waals surface area contributed by atoms with E-state index >= 15 is 0 Å². The maximum absolute atomic E-state index is 12.5. The molecule has 0 atom stereocenters. The van der Waals surface area contributed by atoms with E-state index in [0.29, 0.717) is 12.3 Å². The Balaban J connectivity index is 1.37. The lowest BCUT2D eigenvalue weighted by molar-refractivity contribution is 0.0901. The van der Waals surface area contributed by atoms with Crippen molar-refractivity contribution >= 4 is 22.4 Å². The van der Waals surface area contributed by atoms with Crippen LogP contribution in [0.15, 0.2) is 65.1 Å². The highest BCUT2D eigenvalue weighted by molar-refractivity contribution is 5.98. The first-order valence-electron chi connectivity index (χ1n) is 8.34. The van der Waals surface area contributed by atoms with Crippen LogP contribution < -0.4 is 4.90 Å². The van der Waals surface area contributed by atoms with Crippen molar-refractivity contribution in [1.82, 2.24) is 4.90 Å². The van der Waals surface area contributed by atoms with Crippen molar-refractivity contribution in [2.24, 2.45) is 0 Å². The molecule has 0 bridgehead atoms. The lowest BCUT2D eigenvalue weighted by Crippen LogP contribution is -2.47. The van der Waals surface area contributed by atoms with Gasteiger partial charge in [0.2, 0.25) is 5.78 Å². The highest BCUT2D eigenvalue weighted by Gasteiger charge is 2.21. The predicted octanol–water partition coefficient (Wildman–Crippen LogP) is 3.44. The summed E-state index contributed by atoms with van der Waals surface area (Å²) in [5, 5.41) is 0.981. The van der Waals surface area contributed by atoms with Gasteiger partial charge in [-0.3, -0.25) is 9.69 Å². The molecule has 0 radical (unpaired) electrons. The summed E-state index contributed by atoms with van der Waals surface area (Å²) in [4.78, 5) is 17.1. The number of Topliss-reactive ketones (excluding diaryl/α,β-unsaturated/α-hetero) is 1. The highest BCUT2D eigenvalue weighted by atomic mass is 16.3. The third kappa shape index (κ3) is 3.05. The molecule has 0 spiro atoms. The topological polar surface area (TPSA) is 36.7 Å². The summed E-state index contributed by atoms with van der Waals surface area (Å²) in [6, 6.07) is 20.0. The highest BCUT2D eigenvalue weighted by Crippen LogP contribution is 2.20. The minimum absolute atomic E-state index is 0.0550. The molecule has 0 saturated carbocycles. The Labute approximate surface area is 141 Å². The Hall–Kier alpha value is -2.59. The number of benzene rings is 2. The molecule has 0 amide bonds. The van der Waals surface area contributed by atoms with E-state index in [1.807, 2.05) is 36.4 Å². The molecule has 4 heteroatoms. The lowest BCUT2D eigenvalue weighted by atomic mass is 10.2. The first-order valence-corrected chi connectivity index (χ1v) is 8.34. The van der Waals surface area contributed by atoms with Crippen LogP contribution >= 0.6 is 0 Å². The monoisotopic (exact) mass is 320 g/mol.